The van der Waals surface area contributed by atoms with Crippen LogP contribution in [0.4, 0.5) is 10.1 Å². The first-order valence-corrected chi connectivity index (χ1v) is 8.19. The number of hydrogen-bond acceptors (Lipinski definition) is 5. The molecule has 134 valence electrons. The fraction of sp³-hybridized carbons (Fsp3) is 0.412. The van der Waals surface area contributed by atoms with Gasteiger partial charge in [-0.1, -0.05) is 0 Å². The molecule has 2 heterocycles. The number of nitrogens with two attached hydrogens (primary N) is 1. The second-order valence-corrected chi connectivity index (χ2v) is 6.32. The van der Waals surface area contributed by atoms with Crippen LogP contribution in [0.5, 0.6) is 0 Å². The maximum Gasteiger partial charge on any atom is 0.341 e. The van der Waals surface area contributed by atoms with Crippen molar-refractivity contribution < 1.29 is 14.3 Å². The summed E-state index contributed by atoms with van der Waals surface area (Å²) in [7, 11) is 0. The lowest BCUT2D eigenvalue weighted by atomic mass is 10.1. The highest BCUT2D eigenvalue weighted by Gasteiger charge is 2.25. The summed E-state index contributed by atoms with van der Waals surface area (Å²) in [6.45, 7) is 6.03. The third-order valence-corrected chi connectivity index (χ3v) is 4.74. The van der Waals surface area contributed by atoms with Gasteiger partial charge in [0.05, 0.1) is 11.2 Å². The van der Waals surface area contributed by atoms with E-state index in [0.717, 1.165) is 6.07 Å². The lowest BCUT2D eigenvalue weighted by Crippen LogP contribution is -2.55. The van der Waals surface area contributed by atoms with Gasteiger partial charge in [0.1, 0.15) is 11.4 Å². The zero-order chi connectivity index (χ0) is 18.3. The van der Waals surface area contributed by atoms with Crippen LogP contribution in [0.3, 0.4) is 0 Å². The van der Waals surface area contributed by atoms with Crippen LogP contribution in [0.25, 0.3) is 10.9 Å². The number of piperazine rings is 1. The number of carboxylic acid groups (broad SMARTS) is 1. The van der Waals surface area contributed by atoms with Crippen LogP contribution in [0.1, 0.15) is 24.2 Å². The van der Waals surface area contributed by atoms with E-state index in [9.17, 15) is 19.1 Å². The molecule has 1 aromatic carbocycles. The SMILES string of the molecule is CCn1cc(C(=O)O)c(=O)c2cc(F)c(N3CCN(N)C(C)C3)cc21. The summed E-state index contributed by atoms with van der Waals surface area (Å²) in [5, 5.41) is 11.0. The van der Waals surface area contributed by atoms with E-state index >= 15 is 0 Å². The number of halogens is 1. The highest BCUT2D eigenvalue weighted by atomic mass is 19.1. The van der Waals surface area contributed by atoms with Crippen LogP contribution in [0.15, 0.2) is 23.1 Å². The van der Waals surface area contributed by atoms with Crippen LogP contribution >= 0.6 is 0 Å². The van der Waals surface area contributed by atoms with E-state index in [1.165, 1.54) is 6.20 Å². The third kappa shape index (κ3) is 2.98. The van der Waals surface area contributed by atoms with Gasteiger partial charge in [-0.25, -0.2) is 14.2 Å². The van der Waals surface area contributed by atoms with Gasteiger partial charge in [0, 0.05) is 43.8 Å². The molecule has 1 fully saturated rings. The Labute approximate surface area is 144 Å². The highest BCUT2D eigenvalue weighted by Crippen LogP contribution is 2.27. The lowest BCUT2D eigenvalue weighted by molar-refractivity contribution is 0.0695. The van der Waals surface area contributed by atoms with E-state index < -0.39 is 17.2 Å². The van der Waals surface area contributed by atoms with Crippen molar-refractivity contribution in [2.24, 2.45) is 5.84 Å². The molecular weight excluding hydrogens is 327 g/mol. The van der Waals surface area contributed by atoms with E-state index in [4.69, 9.17) is 5.84 Å². The first kappa shape index (κ1) is 17.4. The number of aromatic nitrogens is 1. The number of pyridine rings is 1. The molecule has 0 bridgehead atoms. The fourth-order valence-corrected chi connectivity index (χ4v) is 3.25. The van der Waals surface area contributed by atoms with Gasteiger partial charge >= 0.3 is 5.97 Å². The molecule has 0 aliphatic carbocycles. The molecule has 0 saturated carbocycles. The van der Waals surface area contributed by atoms with Crippen molar-refractivity contribution in [3.63, 3.8) is 0 Å². The van der Waals surface area contributed by atoms with Crippen LogP contribution < -0.4 is 16.2 Å². The zero-order valence-electron chi connectivity index (χ0n) is 14.2. The number of hydrogen-bond donors (Lipinski definition) is 2. The molecule has 0 radical (unpaired) electrons. The average Bonchev–Trinajstić information content (AvgIpc) is 2.57. The monoisotopic (exact) mass is 348 g/mol. The highest BCUT2D eigenvalue weighted by molar-refractivity contribution is 5.93. The van der Waals surface area contributed by atoms with Gasteiger partial charge in [-0.05, 0) is 26.0 Å². The van der Waals surface area contributed by atoms with Gasteiger partial charge in [0.15, 0.2) is 0 Å². The molecule has 25 heavy (non-hydrogen) atoms. The van der Waals surface area contributed by atoms with Crippen molar-refractivity contribution in [2.75, 3.05) is 24.5 Å². The van der Waals surface area contributed by atoms with Crippen LogP contribution in [0.2, 0.25) is 0 Å². The minimum atomic E-state index is -1.31. The number of carboxylic acids is 1. The van der Waals surface area contributed by atoms with Gasteiger partial charge in [0.2, 0.25) is 5.43 Å². The number of rotatable bonds is 3. The number of hydrazine groups is 1. The molecule has 1 atom stereocenters. The number of nitrogens with zero attached hydrogens (tertiary/aromatic N) is 3. The Morgan fingerprint density at radius 2 is 2.12 bits per heavy atom. The zero-order valence-corrected chi connectivity index (χ0v) is 14.2. The molecular formula is C17H21FN4O3. The van der Waals surface area contributed by atoms with Gasteiger partial charge in [-0.2, -0.15) is 0 Å². The Balaban J connectivity index is 2.17. The molecule has 0 amide bonds. The Morgan fingerprint density at radius 1 is 1.40 bits per heavy atom. The van der Waals surface area contributed by atoms with Crippen molar-refractivity contribution in [2.45, 2.75) is 26.4 Å². The second-order valence-electron chi connectivity index (χ2n) is 6.32. The summed E-state index contributed by atoms with van der Waals surface area (Å²) in [4.78, 5) is 25.5. The summed E-state index contributed by atoms with van der Waals surface area (Å²) in [6, 6.07) is 2.84. The molecule has 7 nitrogen and oxygen atoms in total. The predicted octanol–water partition coefficient (Wildman–Crippen LogP) is 1.24. The predicted molar refractivity (Wildman–Crippen MR) is 93.4 cm³/mol. The van der Waals surface area contributed by atoms with Gasteiger partial charge in [-0.3, -0.25) is 10.6 Å². The number of carbonyl (C=O) groups is 1. The first-order valence-electron chi connectivity index (χ1n) is 8.19. The van der Waals surface area contributed by atoms with Gasteiger partial charge in [-0.15, -0.1) is 0 Å². The molecule has 8 heteroatoms. The summed E-state index contributed by atoms with van der Waals surface area (Å²) < 4.78 is 16.4. The minimum absolute atomic E-state index is 0.0756. The van der Waals surface area contributed by atoms with Crippen LogP contribution in [0, 0.1) is 5.82 Å². The molecule has 2 aromatic rings. The molecule has 3 N–H and O–H groups in total. The molecule has 1 unspecified atom stereocenters. The van der Waals surface area contributed by atoms with Gasteiger partial charge in [0.25, 0.3) is 0 Å². The number of aryl methyl sites for hydroxylation is 1. The van der Waals surface area contributed by atoms with Crippen LogP contribution in [-0.4, -0.2) is 46.3 Å². The summed E-state index contributed by atoms with van der Waals surface area (Å²) in [6.07, 6.45) is 1.31. The smallest absolute Gasteiger partial charge is 0.341 e. The number of aromatic carboxylic acids is 1. The standard InChI is InChI=1S/C17H21FN4O3/c1-3-20-9-12(17(24)25)16(23)11-6-13(18)15(7-14(11)20)21-4-5-22(19)10(2)8-21/h6-7,9-10H,3-5,8,19H2,1-2H3,(H,24,25). The third-order valence-electron chi connectivity index (χ3n) is 4.74. The van der Waals surface area contributed by atoms with E-state index in [1.807, 2.05) is 18.7 Å². The first-order chi connectivity index (χ1) is 11.8. The topological polar surface area (TPSA) is 91.8 Å². The molecule has 1 aliphatic rings. The van der Waals surface area contributed by atoms with E-state index in [0.29, 0.717) is 37.4 Å². The van der Waals surface area contributed by atoms with Crippen molar-refractivity contribution in [1.29, 1.82) is 0 Å². The Hall–Kier alpha value is -2.45. The largest absolute Gasteiger partial charge is 0.477 e. The number of anilines is 1. The minimum Gasteiger partial charge on any atom is -0.477 e. The van der Waals surface area contributed by atoms with E-state index in [2.05, 4.69) is 0 Å². The van der Waals surface area contributed by atoms with E-state index in [1.54, 1.807) is 15.6 Å². The number of benzene rings is 1. The maximum absolute atomic E-state index is 14.7. The Morgan fingerprint density at radius 3 is 2.72 bits per heavy atom. The quantitative estimate of drug-likeness (QED) is 0.811. The summed E-state index contributed by atoms with van der Waals surface area (Å²) in [5.41, 5.74) is -0.0986. The van der Waals surface area contributed by atoms with E-state index in [-0.39, 0.29) is 17.0 Å². The van der Waals surface area contributed by atoms with Gasteiger partial charge < -0.3 is 14.6 Å². The van der Waals surface area contributed by atoms with Crippen molar-refractivity contribution in [1.82, 2.24) is 9.58 Å². The molecule has 0 spiro atoms. The molecule has 3 rings (SSSR count). The number of fused-ring (bicyclic) bond motifs is 1. The Bertz CT molecular complexity index is 896. The Kier molecular flexibility index (Phi) is 4.49. The molecule has 1 saturated heterocycles. The van der Waals surface area contributed by atoms with Crippen molar-refractivity contribution >= 4 is 22.6 Å². The summed E-state index contributed by atoms with van der Waals surface area (Å²) >= 11 is 0. The fourth-order valence-electron chi connectivity index (χ4n) is 3.25. The second kappa shape index (κ2) is 6.45. The maximum atomic E-state index is 14.7. The average molecular weight is 348 g/mol. The normalized spacial score (nSPS) is 18.7. The van der Waals surface area contributed by atoms with Crippen molar-refractivity contribution in [3.8, 4) is 0 Å². The summed E-state index contributed by atoms with van der Waals surface area (Å²) in [5.74, 6) is 4.02. The molecule has 1 aliphatic heterocycles. The van der Waals surface area contributed by atoms with Crippen LogP contribution in [-0.2, 0) is 6.54 Å². The van der Waals surface area contributed by atoms with Crippen molar-refractivity contribution in [3.05, 3.63) is 39.9 Å². The molecule has 1 aromatic heterocycles. The lowest BCUT2D eigenvalue weighted by Gasteiger charge is -2.38.